The van der Waals surface area contributed by atoms with E-state index >= 15 is 0 Å². The Morgan fingerprint density at radius 2 is 1.95 bits per heavy atom. The minimum Gasteiger partial charge on any atom is -0.285 e. The molecule has 19 heavy (non-hydrogen) atoms. The number of nitrogens with zero attached hydrogens (tertiary/aromatic N) is 2. The van der Waals surface area contributed by atoms with Crippen LogP contribution in [0.3, 0.4) is 0 Å². The topological polar surface area (TPSA) is 53.4 Å². The molecule has 0 atom stereocenters. The molecule has 98 valence electrons. The molecule has 1 amide bonds. The molecular weight excluding hydrogens is 240 g/mol. The number of hydroxylamine groups is 2. The van der Waals surface area contributed by atoms with Crippen molar-refractivity contribution < 1.29 is 10.0 Å². The quantitative estimate of drug-likeness (QED) is 0.676. The standard InChI is InChI=1S/C15H16N2O2/c1-2-12-8-9-16-14(10-12)15(18)17(19)11-13-6-4-3-5-7-13/h3-10,19H,2,11H2,1H3. The monoisotopic (exact) mass is 256 g/mol. The van der Waals surface area contributed by atoms with E-state index in [9.17, 15) is 10.0 Å². The summed E-state index contributed by atoms with van der Waals surface area (Å²) >= 11 is 0. The van der Waals surface area contributed by atoms with Crippen molar-refractivity contribution >= 4 is 5.91 Å². The maximum absolute atomic E-state index is 12.0. The van der Waals surface area contributed by atoms with Gasteiger partial charge in [-0.1, -0.05) is 37.3 Å². The molecule has 1 aromatic heterocycles. The number of hydrogen-bond acceptors (Lipinski definition) is 3. The number of carbonyl (C=O) groups excluding carboxylic acids is 1. The van der Waals surface area contributed by atoms with Crippen LogP contribution >= 0.6 is 0 Å². The van der Waals surface area contributed by atoms with Crippen LogP contribution in [-0.4, -0.2) is 21.2 Å². The summed E-state index contributed by atoms with van der Waals surface area (Å²) in [5.41, 5.74) is 2.15. The van der Waals surface area contributed by atoms with Crippen molar-refractivity contribution in [2.24, 2.45) is 0 Å². The Morgan fingerprint density at radius 1 is 1.21 bits per heavy atom. The second-order valence-electron chi connectivity index (χ2n) is 4.25. The second kappa shape index (κ2) is 6.11. The summed E-state index contributed by atoms with van der Waals surface area (Å²) in [4.78, 5) is 16.0. The maximum atomic E-state index is 12.0. The molecule has 2 rings (SSSR count). The van der Waals surface area contributed by atoms with Crippen LogP contribution in [0.25, 0.3) is 0 Å². The van der Waals surface area contributed by atoms with E-state index in [2.05, 4.69) is 4.98 Å². The molecule has 4 nitrogen and oxygen atoms in total. The number of carbonyl (C=O) groups is 1. The van der Waals surface area contributed by atoms with Gasteiger partial charge in [-0.15, -0.1) is 0 Å². The van der Waals surface area contributed by atoms with Crippen LogP contribution in [-0.2, 0) is 13.0 Å². The van der Waals surface area contributed by atoms with E-state index in [4.69, 9.17) is 0 Å². The lowest BCUT2D eigenvalue weighted by Gasteiger charge is -2.14. The summed E-state index contributed by atoms with van der Waals surface area (Å²) in [6.07, 6.45) is 2.41. The summed E-state index contributed by atoms with van der Waals surface area (Å²) in [5.74, 6) is -0.487. The Labute approximate surface area is 112 Å². The lowest BCUT2D eigenvalue weighted by atomic mass is 10.1. The first kappa shape index (κ1) is 13.2. The fraction of sp³-hybridized carbons (Fsp3) is 0.200. The molecule has 0 fully saturated rings. The van der Waals surface area contributed by atoms with Gasteiger partial charge in [0.15, 0.2) is 0 Å². The molecule has 0 bridgehead atoms. The summed E-state index contributed by atoms with van der Waals surface area (Å²) < 4.78 is 0. The summed E-state index contributed by atoms with van der Waals surface area (Å²) in [6, 6.07) is 12.9. The highest BCUT2D eigenvalue weighted by Gasteiger charge is 2.15. The van der Waals surface area contributed by atoms with Crippen LogP contribution in [0.1, 0.15) is 28.5 Å². The molecule has 1 aromatic carbocycles. The smallest absolute Gasteiger partial charge is 0.285 e. The van der Waals surface area contributed by atoms with Crippen molar-refractivity contribution in [2.45, 2.75) is 19.9 Å². The van der Waals surface area contributed by atoms with E-state index in [1.807, 2.05) is 43.3 Å². The molecule has 2 aromatic rings. The van der Waals surface area contributed by atoms with E-state index in [1.54, 1.807) is 12.3 Å². The second-order valence-corrected chi connectivity index (χ2v) is 4.25. The van der Waals surface area contributed by atoms with Crippen molar-refractivity contribution in [1.29, 1.82) is 0 Å². The maximum Gasteiger partial charge on any atom is 0.296 e. The average molecular weight is 256 g/mol. The molecule has 0 aliphatic carbocycles. The fourth-order valence-corrected chi connectivity index (χ4v) is 1.77. The SMILES string of the molecule is CCc1ccnc(C(=O)N(O)Cc2ccccc2)c1. The number of amides is 1. The van der Waals surface area contributed by atoms with Crippen molar-refractivity contribution in [1.82, 2.24) is 10.0 Å². The van der Waals surface area contributed by atoms with E-state index in [1.165, 1.54) is 0 Å². The molecule has 0 spiro atoms. The van der Waals surface area contributed by atoms with Crippen LogP contribution in [0.2, 0.25) is 0 Å². The van der Waals surface area contributed by atoms with Crippen molar-refractivity contribution in [3.8, 4) is 0 Å². The molecule has 1 heterocycles. The zero-order valence-corrected chi connectivity index (χ0v) is 10.8. The Bertz CT molecular complexity index is 555. The predicted octanol–water partition coefficient (Wildman–Crippen LogP) is 2.68. The Morgan fingerprint density at radius 3 is 2.63 bits per heavy atom. The molecule has 1 N–H and O–H groups in total. The fourth-order valence-electron chi connectivity index (χ4n) is 1.77. The molecular formula is C15H16N2O2. The number of aryl methyl sites for hydroxylation is 1. The minimum atomic E-state index is -0.487. The van der Waals surface area contributed by atoms with Gasteiger partial charge in [0.2, 0.25) is 0 Å². The zero-order valence-electron chi connectivity index (χ0n) is 10.8. The third-order valence-electron chi connectivity index (χ3n) is 2.86. The molecule has 4 heteroatoms. The largest absolute Gasteiger partial charge is 0.296 e. The van der Waals surface area contributed by atoms with Crippen molar-refractivity contribution in [3.05, 3.63) is 65.5 Å². The van der Waals surface area contributed by atoms with E-state index in [0.717, 1.165) is 17.5 Å². The number of pyridine rings is 1. The third kappa shape index (κ3) is 3.39. The Balaban J connectivity index is 2.10. The van der Waals surface area contributed by atoms with Crippen LogP contribution in [0.5, 0.6) is 0 Å². The molecule has 0 aliphatic heterocycles. The van der Waals surface area contributed by atoms with Gasteiger partial charge >= 0.3 is 0 Å². The third-order valence-corrected chi connectivity index (χ3v) is 2.86. The first-order valence-corrected chi connectivity index (χ1v) is 6.20. The number of aromatic nitrogens is 1. The van der Waals surface area contributed by atoms with Crippen molar-refractivity contribution in [3.63, 3.8) is 0 Å². The van der Waals surface area contributed by atoms with Gasteiger partial charge in [-0.25, -0.2) is 5.06 Å². The van der Waals surface area contributed by atoms with Gasteiger partial charge in [0.25, 0.3) is 5.91 Å². The van der Waals surface area contributed by atoms with Gasteiger partial charge in [-0.3, -0.25) is 15.0 Å². The molecule has 0 aliphatic rings. The van der Waals surface area contributed by atoms with Gasteiger partial charge in [-0.2, -0.15) is 0 Å². The van der Waals surface area contributed by atoms with E-state index in [0.29, 0.717) is 5.06 Å². The van der Waals surface area contributed by atoms with Gasteiger partial charge in [0.1, 0.15) is 5.69 Å². The summed E-state index contributed by atoms with van der Waals surface area (Å²) in [5, 5.41) is 10.5. The zero-order chi connectivity index (χ0) is 13.7. The molecule has 0 unspecified atom stereocenters. The lowest BCUT2D eigenvalue weighted by Crippen LogP contribution is -2.27. The Kier molecular flexibility index (Phi) is 4.26. The van der Waals surface area contributed by atoms with Crippen molar-refractivity contribution in [2.75, 3.05) is 0 Å². The van der Waals surface area contributed by atoms with E-state index in [-0.39, 0.29) is 12.2 Å². The normalized spacial score (nSPS) is 10.2. The lowest BCUT2D eigenvalue weighted by molar-refractivity contribution is -0.0652. The van der Waals surface area contributed by atoms with E-state index < -0.39 is 5.91 Å². The predicted molar refractivity (Wildman–Crippen MR) is 71.7 cm³/mol. The van der Waals surface area contributed by atoms with Gasteiger partial charge in [0.05, 0.1) is 6.54 Å². The first-order chi connectivity index (χ1) is 9.20. The molecule has 0 radical (unpaired) electrons. The van der Waals surface area contributed by atoms with Crippen LogP contribution in [0, 0.1) is 0 Å². The Hall–Kier alpha value is -2.20. The highest BCUT2D eigenvalue weighted by atomic mass is 16.5. The molecule has 0 saturated carbocycles. The number of rotatable bonds is 4. The highest BCUT2D eigenvalue weighted by Crippen LogP contribution is 2.08. The first-order valence-electron chi connectivity index (χ1n) is 6.20. The summed E-state index contributed by atoms with van der Waals surface area (Å²) in [6.45, 7) is 2.15. The van der Waals surface area contributed by atoms with Crippen LogP contribution in [0.15, 0.2) is 48.7 Å². The average Bonchev–Trinajstić information content (AvgIpc) is 2.47. The minimum absolute atomic E-state index is 0.151. The highest BCUT2D eigenvalue weighted by molar-refractivity contribution is 5.91. The van der Waals surface area contributed by atoms with Gasteiger partial charge < -0.3 is 0 Å². The van der Waals surface area contributed by atoms with Gasteiger partial charge in [-0.05, 0) is 29.7 Å². The number of hydrogen-bond donors (Lipinski definition) is 1. The van der Waals surface area contributed by atoms with Gasteiger partial charge in [0, 0.05) is 6.20 Å². The van der Waals surface area contributed by atoms with Crippen LogP contribution < -0.4 is 0 Å². The number of benzene rings is 1. The molecule has 0 saturated heterocycles. The summed E-state index contributed by atoms with van der Waals surface area (Å²) in [7, 11) is 0. The van der Waals surface area contributed by atoms with Crippen LogP contribution in [0.4, 0.5) is 0 Å².